The Bertz CT molecular complexity index is 561. The molecular weight excluding hydrogens is 174 g/mol. The van der Waals surface area contributed by atoms with Crippen LogP contribution in [0.3, 0.4) is 0 Å². The second-order valence-electron chi connectivity index (χ2n) is 3.46. The first-order valence-electron chi connectivity index (χ1n) is 4.57. The summed E-state index contributed by atoms with van der Waals surface area (Å²) in [7, 11) is 0. The monoisotopic (exact) mass is 183 g/mol. The van der Waals surface area contributed by atoms with Crippen LogP contribution in [0.2, 0.25) is 0 Å². The van der Waals surface area contributed by atoms with E-state index in [9.17, 15) is 0 Å². The molecular formula is C12H9NO. The zero-order chi connectivity index (χ0) is 9.54. The minimum absolute atomic E-state index is 0.968. The number of furan rings is 1. The fraction of sp³-hybridized carbons (Fsp3) is 0.0833. The highest BCUT2D eigenvalue weighted by molar-refractivity contribution is 6.04. The van der Waals surface area contributed by atoms with Crippen molar-refractivity contribution >= 4 is 23.3 Å². The highest BCUT2D eigenvalue weighted by atomic mass is 16.3. The molecule has 2 heterocycles. The van der Waals surface area contributed by atoms with Crippen molar-refractivity contribution in [2.24, 2.45) is 4.99 Å². The Labute approximate surface area is 81.6 Å². The molecule has 0 spiro atoms. The first kappa shape index (κ1) is 7.56. The van der Waals surface area contributed by atoms with Gasteiger partial charge in [-0.25, -0.2) is 0 Å². The van der Waals surface area contributed by atoms with E-state index in [0.717, 1.165) is 11.1 Å². The third-order valence-electron chi connectivity index (χ3n) is 2.53. The second-order valence-corrected chi connectivity index (χ2v) is 3.46. The van der Waals surface area contributed by atoms with Gasteiger partial charge in [-0.2, -0.15) is 0 Å². The maximum Gasteiger partial charge on any atom is 0.138 e. The van der Waals surface area contributed by atoms with E-state index in [1.54, 1.807) is 6.26 Å². The van der Waals surface area contributed by atoms with Crippen LogP contribution in [-0.2, 0) is 0 Å². The highest BCUT2D eigenvalue weighted by Gasteiger charge is 2.10. The molecule has 2 heteroatoms. The lowest BCUT2D eigenvalue weighted by Gasteiger charge is -1.98. The maximum atomic E-state index is 5.52. The van der Waals surface area contributed by atoms with Crippen LogP contribution in [0, 0.1) is 6.92 Å². The minimum atomic E-state index is 0.968. The van der Waals surface area contributed by atoms with E-state index < -0.39 is 0 Å². The Balaban J connectivity index is 2.55. The molecule has 1 aromatic carbocycles. The molecule has 0 saturated heterocycles. The second kappa shape index (κ2) is 2.58. The fourth-order valence-corrected chi connectivity index (χ4v) is 1.81. The number of rotatable bonds is 0. The van der Waals surface area contributed by atoms with Crippen LogP contribution >= 0.6 is 0 Å². The first-order chi connectivity index (χ1) is 6.86. The summed E-state index contributed by atoms with van der Waals surface area (Å²) >= 11 is 0. The van der Waals surface area contributed by atoms with Crippen molar-refractivity contribution in [3.63, 3.8) is 0 Å². The van der Waals surface area contributed by atoms with Crippen LogP contribution in [0.15, 0.2) is 34.0 Å². The predicted molar refractivity (Wildman–Crippen MR) is 57.6 cm³/mol. The summed E-state index contributed by atoms with van der Waals surface area (Å²) in [6.45, 7) is 2.05. The summed E-state index contributed by atoms with van der Waals surface area (Å²) in [6, 6.07) is 4.17. The number of aliphatic imine (C=N–C) groups is 1. The Kier molecular flexibility index (Phi) is 1.39. The van der Waals surface area contributed by atoms with Crippen molar-refractivity contribution in [3.8, 4) is 0 Å². The molecule has 68 valence electrons. The molecule has 14 heavy (non-hydrogen) atoms. The lowest BCUT2D eigenvalue weighted by molar-refractivity contribution is 0.612. The van der Waals surface area contributed by atoms with E-state index in [-0.39, 0.29) is 0 Å². The fourth-order valence-electron chi connectivity index (χ4n) is 1.81. The molecule has 2 nitrogen and oxygen atoms in total. The van der Waals surface area contributed by atoms with Crippen molar-refractivity contribution < 1.29 is 4.42 Å². The quantitative estimate of drug-likeness (QED) is 0.616. The van der Waals surface area contributed by atoms with Gasteiger partial charge in [0.25, 0.3) is 0 Å². The van der Waals surface area contributed by atoms with E-state index >= 15 is 0 Å². The molecule has 0 atom stereocenters. The molecule has 3 rings (SSSR count). The van der Waals surface area contributed by atoms with Gasteiger partial charge in [0.1, 0.15) is 11.8 Å². The summed E-state index contributed by atoms with van der Waals surface area (Å²) in [5.41, 5.74) is 4.37. The zero-order valence-corrected chi connectivity index (χ0v) is 7.82. The van der Waals surface area contributed by atoms with Crippen LogP contribution in [0.5, 0.6) is 0 Å². The highest BCUT2D eigenvalue weighted by Crippen LogP contribution is 2.28. The molecule has 1 aliphatic heterocycles. The van der Waals surface area contributed by atoms with Gasteiger partial charge in [0.2, 0.25) is 0 Å². The van der Waals surface area contributed by atoms with Gasteiger partial charge in [0.05, 0.1) is 0 Å². The summed E-state index contributed by atoms with van der Waals surface area (Å²) in [4.78, 5) is 4.15. The van der Waals surface area contributed by atoms with Crippen LogP contribution in [-0.4, -0.2) is 6.21 Å². The SMILES string of the molecule is Cc1ccc2c3c(coc13)C=NC=C2. The number of hydrogen-bond donors (Lipinski definition) is 0. The number of hydrogen-bond acceptors (Lipinski definition) is 2. The summed E-state index contributed by atoms with van der Waals surface area (Å²) in [6.07, 6.45) is 7.41. The Morgan fingerprint density at radius 2 is 2.14 bits per heavy atom. The third-order valence-corrected chi connectivity index (χ3v) is 2.53. The minimum Gasteiger partial charge on any atom is -0.463 e. The van der Waals surface area contributed by atoms with Gasteiger partial charge in [-0.1, -0.05) is 12.1 Å². The average Bonchev–Trinajstić information content (AvgIpc) is 2.51. The van der Waals surface area contributed by atoms with Crippen LogP contribution in [0.1, 0.15) is 16.7 Å². The smallest absolute Gasteiger partial charge is 0.138 e. The summed E-state index contributed by atoms with van der Waals surface area (Å²) in [5, 5.41) is 1.17. The molecule has 1 aliphatic rings. The largest absolute Gasteiger partial charge is 0.463 e. The van der Waals surface area contributed by atoms with Crippen LogP contribution in [0.4, 0.5) is 0 Å². The Morgan fingerprint density at radius 3 is 3.07 bits per heavy atom. The van der Waals surface area contributed by atoms with Crippen molar-refractivity contribution in [1.82, 2.24) is 0 Å². The molecule has 0 fully saturated rings. The topological polar surface area (TPSA) is 25.5 Å². The number of nitrogens with zero attached hydrogens (tertiary/aromatic N) is 1. The van der Waals surface area contributed by atoms with Crippen molar-refractivity contribution in [2.75, 3.05) is 0 Å². The van der Waals surface area contributed by atoms with E-state index in [4.69, 9.17) is 4.42 Å². The van der Waals surface area contributed by atoms with Gasteiger partial charge in [-0.15, -0.1) is 0 Å². The molecule has 0 amide bonds. The van der Waals surface area contributed by atoms with Crippen molar-refractivity contribution in [3.05, 3.63) is 41.3 Å². The van der Waals surface area contributed by atoms with Crippen LogP contribution < -0.4 is 0 Å². The standard InChI is InChI=1S/C12H9NO/c1-8-2-3-9-4-5-13-6-10-7-14-12(8)11(9)10/h2-7H,1H3. The molecule has 0 N–H and O–H groups in total. The van der Waals surface area contributed by atoms with Crippen molar-refractivity contribution in [2.45, 2.75) is 6.92 Å². The Morgan fingerprint density at radius 1 is 1.21 bits per heavy atom. The number of benzene rings is 1. The van der Waals surface area contributed by atoms with E-state index in [1.165, 1.54) is 16.5 Å². The molecule has 0 unspecified atom stereocenters. The van der Waals surface area contributed by atoms with Crippen LogP contribution in [0.25, 0.3) is 17.0 Å². The summed E-state index contributed by atoms with van der Waals surface area (Å²) in [5.74, 6) is 0. The average molecular weight is 183 g/mol. The summed E-state index contributed by atoms with van der Waals surface area (Å²) < 4.78 is 5.52. The van der Waals surface area contributed by atoms with Crippen molar-refractivity contribution in [1.29, 1.82) is 0 Å². The molecule has 0 aliphatic carbocycles. The molecule has 1 aromatic heterocycles. The molecule has 0 saturated carbocycles. The van der Waals surface area contributed by atoms with Gasteiger partial charge in [0.15, 0.2) is 0 Å². The van der Waals surface area contributed by atoms with Gasteiger partial charge >= 0.3 is 0 Å². The molecule has 0 radical (unpaired) electrons. The molecule has 0 bridgehead atoms. The Hall–Kier alpha value is -1.83. The maximum absolute atomic E-state index is 5.52. The number of aryl methyl sites for hydroxylation is 1. The van der Waals surface area contributed by atoms with Gasteiger partial charge in [0, 0.05) is 23.4 Å². The lowest BCUT2D eigenvalue weighted by Crippen LogP contribution is -1.81. The van der Waals surface area contributed by atoms with E-state index in [2.05, 4.69) is 24.0 Å². The zero-order valence-electron chi connectivity index (χ0n) is 7.82. The van der Waals surface area contributed by atoms with E-state index in [0.29, 0.717) is 0 Å². The van der Waals surface area contributed by atoms with Gasteiger partial charge in [-0.05, 0) is 24.1 Å². The van der Waals surface area contributed by atoms with Gasteiger partial charge < -0.3 is 4.42 Å². The third kappa shape index (κ3) is 0.880. The molecule has 2 aromatic rings. The normalized spacial score (nSPS) is 13.5. The van der Waals surface area contributed by atoms with E-state index in [1.807, 2.05) is 18.5 Å². The lowest BCUT2D eigenvalue weighted by atomic mass is 10.0. The predicted octanol–water partition coefficient (Wildman–Crippen LogP) is 3.14. The first-order valence-corrected chi connectivity index (χ1v) is 4.57. The van der Waals surface area contributed by atoms with Gasteiger partial charge in [-0.3, -0.25) is 4.99 Å².